The predicted molar refractivity (Wildman–Crippen MR) is 106 cm³/mol. The highest BCUT2D eigenvalue weighted by atomic mass is 35.5. The number of rotatable bonds is 3. The van der Waals surface area contributed by atoms with Crippen molar-refractivity contribution in [2.45, 2.75) is 6.61 Å². The topological polar surface area (TPSA) is 52.3 Å². The minimum atomic E-state index is -0.426. The average Bonchev–Trinajstić information content (AvgIpc) is 2.67. The lowest BCUT2D eigenvalue weighted by atomic mass is 9.97. The Balaban J connectivity index is 1.71. The molecule has 0 unspecified atom stereocenters. The summed E-state index contributed by atoms with van der Waals surface area (Å²) in [5, 5.41) is 4.81. The van der Waals surface area contributed by atoms with Gasteiger partial charge in [-0.1, -0.05) is 60.1 Å². The highest BCUT2D eigenvalue weighted by molar-refractivity contribution is 6.33. The highest BCUT2D eigenvalue weighted by Gasteiger charge is 2.12. The van der Waals surface area contributed by atoms with E-state index in [1.807, 2.05) is 36.4 Å². The summed E-state index contributed by atoms with van der Waals surface area (Å²) < 4.78 is 5.59. The number of ether oxygens (including phenoxy) is 1. The van der Waals surface area contributed by atoms with Crippen LogP contribution in [-0.4, -0.2) is 5.97 Å². The molecule has 0 saturated heterocycles. The van der Waals surface area contributed by atoms with Crippen LogP contribution in [0.5, 0.6) is 0 Å². The van der Waals surface area contributed by atoms with Crippen LogP contribution in [0, 0.1) is 0 Å². The summed E-state index contributed by atoms with van der Waals surface area (Å²) in [6, 6.07) is 23.1. The molecule has 0 aromatic heterocycles. The Morgan fingerprint density at radius 2 is 1.50 bits per heavy atom. The number of anilines is 1. The number of halogens is 1. The largest absolute Gasteiger partial charge is 0.457 e. The number of carbonyl (C=O) groups is 1. The average molecular weight is 362 g/mol. The first-order valence-electron chi connectivity index (χ1n) is 8.25. The standard InChI is InChI=1S/C22H16ClNO2/c23-20-10-9-16(12-21(20)24)22(25)26-13-19-17-7-3-1-5-14(17)11-15-6-2-4-8-18(15)19/h1-12H,13,24H2. The Labute approximate surface area is 155 Å². The number of carbonyl (C=O) groups excluding carboxylic acids is 1. The molecule has 0 aliphatic carbocycles. The van der Waals surface area contributed by atoms with Crippen LogP contribution in [0.4, 0.5) is 5.69 Å². The van der Waals surface area contributed by atoms with Gasteiger partial charge in [0.05, 0.1) is 16.3 Å². The molecule has 2 N–H and O–H groups in total. The molecule has 0 heterocycles. The maximum absolute atomic E-state index is 12.4. The summed E-state index contributed by atoms with van der Waals surface area (Å²) in [4.78, 5) is 12.4. The molecular formula is C22H16ClNO2. The van der Waals surface area contributed by atoms with Crippen molar-refractivity contribution in [2.24, 2.45) is 0 Å². The van der Waals surface area contributed by atoms with Gasteiger partial charge in [-0.3, -0.25) is 0 Å². The van der Waals surface area contributed by atoms with Crippen molar-refractivity contribution in [3.05, 3.63) is 88.9 Å². The second kappa shape index (κ2) is 6.70. The fourth-order valence-electron chi connectivity index (χ4n) is 3.16. The van der Waals surface area contributed by atoms with E-state index < -0.39 is 5.97 Å². The monoisotopic (exact) mass is 361 g/mol. The van der Waals surface area contributed by atoms with E-state index in [4.69, 9.17) is 22.1 Å². The van der Waals surface area contributed by atoms with Crippen LogP contribution >= 0.6 is 11.6 Å². The van der Waals surface area contributed by atoms with Gasteiger partial charge < -0.3 is 10.5 Å². The van der Waals surface area contributed by atoms with Gasteiger partial charge in [0.2, 0.25) is 0 Å². The summed E-state index contributed by atoms with van der Waals surface area (Å²) in [6.45, 7) is 0.184. The third-order valence-corrected chi connectivity index (χ3v) is 4.81. The molecule has 4 heteroatoms. The lowest BCUT2D eigenvalue weighted by molar-refractivity contribution is 0.0476. The van der Waals surface area contributed by atoms with E-state index in [1.54, 1.807) is 12.1 Å². The van der Waals surface area contributed by atoms with Crippen LogP contribution in [0.15, 0.2) is 72.8 Å². The van der Waals surface area contributed by atoms with E-state index in [1.165, 1.54) is 6.07 Å². The van der Waals surface area contributed by atoms with Crippen molar-refractivity contribution in [1.29, 1.82) is 0 Å². The number of hydrogen-bond acceptors (Lipinski definition) is 3. The fraction of sp³-hybridized carbons (Fsp3) is 0.0455. The van der Waals surface area contributed by atoms with Gasteiger partial charge >= 0.3 is 5.97 Å². The molecule has 4 aromatic rings. The summed E-state index contributed by atoms with van der Waals surface area (Å²) in [7, 11) is 0. The van der Waals surface area contributed by atoms with E-state index in [-0.39, 0.29) is 6.61 Å². The Bertz CT molecular complexity index is 1080. The van der Waals surface area contributed by atoms with E-state index in [0.29, 0.717) is 16.3 Å². The molecule has 26 heavy (non-hydrogen) atoms. The molecule has 0 bridgehead atoms. The molecule has 4 aromatic carbocycles. The smallest absolute Gasteiger partial charge is 0.338 e. The Morgan fingerprint density at radius 1 is 0.885 bits per heavy atom. The Morgan fingerprint density at radius 3 is 2.12 bits per heavy atom. The molecule has 0 fully saturated rings. The van der Waals surface area contributed by atoms with Gasteiger partial charge in [-0.2, -0.15) is 0 Å². The van der Waals surface area contributed by atoms with Gasteiger partial charge in [-0.25, -0.2) is 4.79 Å². The second-order valence-corrected chi connectivity index (χ2v) is 6.52. The molecule has 0 aliphatic heterocycles. The third kappa shape index (κ3) is 2.98. The first-order chi connectivity index (χ1) is 12.6. The predicted octanol–water partition coefficient (Wildman–Crippen LogP) is 5.59. The zero-order valence-corrected chi connectivity index (χ0v) is 14.7. The third-order valence-electron chi connectivity index (χ3n) is 4.46. The molecule has 3 nitrogen and oxygen atoms in total. The van der Waals surface area contributed by atoms with Crippen LogP contribution in [0.2, 0.25) is 5.02 Å². The van der Waals surface area contributed by atoms with E-state index >= 15 is 0 Å². The summed E-state index contributed by atoms with van der Waals surface area (Å²) in [5.74, 6) is -0.426. The number of fused-ring (bicyclic) bond motifs is 2. The van der Waals surface area contributed by atoms with Gasteiger partial charge in [-0.05, 0) is 45.8 Å². The number of hydrogen-bond donors (Lipinski definition) is 1. The van der Waals surface area contributed by atoms with E-state index in [2.05, 4.69) is 18.2 Å². The maximum Gasteiger partial charge on any atom is 0.338 e. The number of nitrogens with two attached hydrogens (primary N) is 1. The van der Waals surface area contributed by atoms with Gasteiger partial charge in [0, 0.05) is 5.56 Å². The van der Waals surface area contributed by atoms with Crippen molar-refractivity contribution in [3.63, 3.8) is 0 Å². The minimum absolute atomic E-state index is 0.184. The van der Waals surface area contributed by atoms with Crippen LogP contribution in [0.25, 0.3) is 21.5 Å². The summed E-state index contributed by atoms with van der Waals surface area (Å²) >= 11 is 5.91. The SMILES string of the molecule is Nc1cc(C(=O)OCc2c3ccccc3cc3ccccc23)ccc1Cl. The van der Waals surface area contributed by atoms with Crippen molar-refractivity contribution < 1.29 is 9.53 Å². The normalized spacial score (nSPS) is 11.0. The molecule has 0 atom stereocenters. The van der Waals surface area contributed by atoms with Crippen molar-refractivity contribution in [2.75, 3.05) is 5.73 Å². The Hall–Kier alpha value is -3.04. The molecule has 0 saturated carbocycles. The molecule has 0 aliphatic rings. The molecule has 4 rings (SSSR count). The molecule has 0 spiro atoms. The number of nitrogen functional groups attached to an aromatic ring is 1. The van der Waals surface area contributed by atoms with Crippen LogP contribution in [0.1, 0.15) is 15.9 Å². The maximum atomic E-state index is 12.4. The fourth-order valence-corrected chi connectivity index (χ4v) is 3.27. The molecule has 0 radical (unpaired) electrons. The Kier molecular flexibility index (Phi) is 4.23. The van der Waals surface area contributed by atoms with Crippen LogP contribution in [0.3, 0.4) is 0 Å². The zero-order chi connectivity index (χ0) is 18.1. The first-order valence-corrected chi connectivity index (χ1v) is 8.63. The molecular weight excluding hydrogens is 346 g/mol. The summed E-state index contributed by atoms with van der Waals surface area (Å²) in [6.07, 6.45) is 0. The lowest BCUT2D eigenvalue weighted by Gasteiger charge is -2.12. The van der Waals surface area contributed by atoms with E-state index in [0.717, 1.165) is 27.1 Å². The highest BCUT2D eigenvalue weighted by Crippen LogP contribution is 2.29. The van der Waals surface area contributed by atoms with E-state index in [9.17, 15) is 4.79 Å². The number of benzene rings is 4. The summed E-state index contributed by atoms with van der Waals surface area (Å²) in [5.41, 5.74) is 7.51. The minimum Gasteiger partial charge on any atom is -0.457 e. The lowest BCUT2D eigenvalue weighted by Crippen LogP contribution is -2.06. The zero-order valence-electron chi connectivity index (χ0n) is 13.9. The van der Waals surface area contributed by atoms with Crippen LogP contribution < -0.4 is 5.73 Å². The number of esters is 1. The van der Waals surface area contributed by atoms with Crippen molar-refractivity contribution in [3.8, 4) is 0 Å². The van der Waals surface area contributed by atoms with Gasteiger partial charge in [0.25, 0.3) is 0 Å². The van der Waals surface area contributed by atoms with Gasteiger partial charge in [0.1, 0.15) is 6.61 Å². The van der Waals surface area contributed by atoms with Crippen molar-refractivity contribution in [1.82, 2.24) is 0 Å². The molecule has 0 amide bonds. The second-order valence-electron chi connectivity index (χ2n) is 6.11. The van der Waals surface area contributed by atoms with Gasteiger partial charge in [-0.15, -0.1) is 0 Å². The first kappa shape index (κ1) is 16.4. The van der Waals surface area contributed by atoms with Crippen LogP contribution in [-0.2, 0) is 11.3 Å². The van der Waals surface area contributed by atoms with Crippen molar-refractivity contribution >= 4 is 44.8 Å². The quantitative estimate of drug-likeness (QED) is 0.294. The van der Waals surface area contributed by atoms with Gasteiger partial charge in [0.15, 0.2) is 0 Å². The molecule has 128 valence electrons.